The van der Waals surface area contributed by atoms with E-state index >= 15 is 0 Å². The Hall–Kier alpha value is -3.45. The van der Waals surface area contributed by atoms with Gasteiger partial charge in [0.25, 0.3) is 5.91 Å². The summed E-state index contributed by atoms with van der Waals surface area (Å²) in [6, 6.07) is 17.6. The number of para-hydroxylation sites is 1. The number of carbonyl (C=O) groups excluding carboxylic acids is 3. The maximum Gasteiger partial charge on any atom is 0.340 e. The number of amides is 2. The van der Waals surface area contributed by atoms with Gasteiger partial charge in [-0.05, 0) is 48.1 Å². The number of thiophene rings is 1. The van der Waals surface area contributed by atoms with Gasteiger partial charge in [-0.3, -0.25) is 9.59 Å². The van der Waals surface area contributed by atoms with Crippen molar-refractivity contribution in [1.29, 1.82) is 0 Å². The first-order chi connectivity index (χ1) is 16.4. The second-order valence-corrected chi connectivity index (χ2v) is 9.61. The Kier molecular flexibility index (Phi) is 7.12. The van der Waals surface area contributed by atoms with Crippen LogP contribution in [-0.4, -0.2) is 35.8 Å². The summed E-state index contributed by atoms with van der Waals surface area (Å²) in [5, 5.41) is 4.93. The Morgan fingerprint density at radius 3 is 2.50 bits per heavy atom. The van der Waals surface area contributed by atoms with E-state index in [-0.39, 0.29) is 24.3 Å². The summed E-state index contributed by atoms with van der Waals surface area (Å²) in [7, 11) is 0. The molecular formula is C27H28N2O4S. The monoisotopic (exact) mass is 476 g/mol. The van der Waals surface area contributed by atoms with Gasteiger partial charge in [-0.25, -0.2) is 4.79 Å². The standard InChI is InChI=1S/C27H28N2O4S/c1-4-33-27(32)20-12-7-8-13-21(20)28-25(30)23-18-10-5-6-11-19(18)26(31)29(16-17(2)3)24(23)22-14-9-15-34-22/h5-15,17,23-24H,4,16H2,1-3H3,(H,28,30). The molecular weight excluding hydrogens is 448 g/mol. The Balaban J connectivity index is 1.79. The summed E-state index contributed by atoms with van der Waals surface area (Å²) in [5.41, 5.74) is 1.91. The minimum absolute atomic E-state index is 0.0707. The van der Waals surface area contributed by atoms with E-state index in [1.807, 2.05) is 40.6 Å². The molecule has 176 valence electrons. The molecule has 0 spiro atoms. The average Bonchev–Trinajstić information content (AvgIpc) is 3.35. The van der Waals surface area contributed by atoms with Crippen molar-refractivity contribution in [3.05, 3.63) is 87.6 Å². The molecule has 0 radical (unpaired) electrons. The first-order valence-corrected chi connectivity index (χ1v) is 12.3. The maximum absolute atomic E-state index is 13.9. The molecule has 2 amide bonds. The molecule has 0 saturated heterocycles. The third-order valence-corrected chi connectivity index (χ3v) is 6.74. The van der Waals surface area contributed by atoms with Crippen molar-refractivity contribution in [2.24, 2.45) is 5.92 Å². The van der Waals surface area contributed by atoms with Gasteiger partial charge in [-0.1, -0.05) is 50.2 Å². The van der Waals surface area contributed by atoms with Gasteiger partial charge in [-0.2, -0.15) is 0 Å². The van der Waals surface area contributed by atoms with Gasteiger partial charge in [0.05, 0.1) is 29.8 Å². The lowest BCUT2D eigenvalue weighted by Gasteiger charge is -2.42. The first kappa shape index (κ1) is 23.7. The van der Waals surface area contributed by atoms with Crippen LogP contribution < -0.4 is 5.32 Å². The number of anilines is 1. The zero-order valence-electron chi connectivity index (χ0n) is 19.5. The summed E-state index contributed by atoms with van der Waals surface area (Å²) in [4.78, 5) is 42.7. The predicted molar refractivity (Wildman–Crippen MR) is 133 cm³/mol. The van der Waals surface area contributed by atoms with E-state index in [2.05, 4.69) is 19.2 Å². The third kappa shape index (κ3) is 4.61. The summed E-state index contributed by atoms with van der Waals surface area (Å²) in [5.74, 6) is -1.25. The highest BCUT2D eigenvalue weighted by atomic mass is 32.1. The highest BCUT2D eigenvalue weighted by Crippen LogP contribution is 2.45. The average molecular weight is 477 g/mol. The first-order valence-electron chi connectivity index (χ1n) is 11.4. The number of benzene rings is 2. The molecule has 2 aromatic carbocycles. The molecule has 1 N–H and O–H groups in total. The minimum atomic E-state index is -0.637. The molecule has 0 saturated carbocycles. The largest absolute Gasteiger partial charge is 0.462 e. The lowest BCUT2D eigenvalue weighted by Crippen LogP contribution is -2.47. The Morgan fingerprint density at radius 2 is 1.79 bits per heavy atom. The topological polar surface area (TPSA) is 75.7 Å². The lowest BCUT2D eigenvalue weighted by atomic mass is 9.81. The van der Waals surface area contributed by atoms with Crippen LogP contribution in [0, 0.1) is 5.92 Å². The SMILES string of the molecule is CCOC(=O)c1ccccc1NC(=O)C1c2ccccc2C(=O)N(CC(C)C)C1c1cccs1. The van der Waals surface area contributed by atoms with Crippen LogP contribution in [0.2, 0.25) is 0 Å². The number of ether oxygens (including phenoxy) is 1. The molecule has 3 aromatic rings. The highest BCUT2D eigenvalue weighted by Gasteiger charge is 2.44. The van der Waals surface area contributed by atoms with Crippen LogP contribution >= 0.6 is 11.3 Å². The number of nitrogens with one attached hydrogen (secondary N) is 1. The maximum atomic E-state index is 13.9. The number of esters is 1. The molecule has 2 unspecified atom stereocenters. The van der Waals surface area contributed by atoms with E-state index in [9.17, 15) is 14.4 Å². The zero-order valence-corrected chi connectivity index (χ0v) is 20.3. The fraction of sp³-hybridized carbons (Fsp3) is 0.296. The highest BCUT2D eigenvalue weighted by molar-refractivity contribution is 7.10. The van der Waals surface area contributed by atoms with Crippen molar-refractivity contribution in [2.45, 2.75) is 32.7 Å². The van der Waals surface area contributed by atoms with Gasteiger partial charge in [0.2, 0.25) is 5.91 Å². The Bertz CT molecular complexity index is 1190. The normalized spacial score (nSPS) is 17.4. The molecule has 7 heteroatoms. The summed E-state index contributed by atoms with van der Waals surface area (Å²) in [6.07, 6.45) is 0. The number of rotatable bonds is 7. The van der Waals surface area contributed by atoms with Crippen molar-refractivity contribution < 1.29 is 19.1 Å². The Labute approximate surface area is 203 Å². The molecule has 0 bridgehead atoms. The van der Waals surface area contributed by atoms with Crippen LogP contribution in [0.5, 0.6) is 0 Å². The van der Waals surface area contributed by atoms with Gasteiger partial charge in [0, 0.05) is 17.0 Å². The van der Waals surface area contributed by atoms with Crippen LogP contribution in [0.3, 0.4) is 0 Å². The molecule has 2 atom stereocenters. The van der Waals surface area contributed by atoms with Crippen LogP contribution in [0.1, 0.15) is 63.9 Å². The van der Waals surface area contributed by atoms with E-state index in [4.69, 9.17) is 4.74 Å². The van der Waals surface area contributed by atoms with E-state index in [1.165, 1.54) is 11.3 Å². The minimum Gasteiger partial charge on any atom is -0.462 e. The third-order valence-electron chi connectivity index (χ3n) is 5.80. The fourth-order valence-corrected chi connectivity index (χ4v) is 5.31. The lowest BCUT2D eigenvalue weighted by molar-refractivity contribution is -0.119. The quantitative estimate of drug-likeness (QED) is 0.457. The molecule has 1 aliphatic heterocycles. The molecule has 0 fully saturated rings. The van der Waals surface area contributed by atoms with Gasteiger partial charge in [0.1, 0.15) is 0 Å². The van der Waals surface area contributed by atoms with E-state index in [1.54, 1.807) is 37.3 Å². The summed E-state index contributed by atoms with van der Waals surface area (Å²) in [6.45, 7) is 6.63. The van der Waals surface area contributed by atoms with E-state index in [0.29, 0.717) is 28.9 Å². The molecule has 6 nitrogen and oxygen atoms in total. The second-order valence-electron chi connectivity index (χ2n) is 8.63. The van der Waals surface area contributed by atoms with Crippen molar-refractivity contribution >= 4 is 34.8 Å². The molecule has 1 aromatic heterocycles. The van der Waals surface area contributed by atoms with E-state index < -0.39 is 17.9 Å². The van der Waals surface area contributed by atoms with Gasteiger partial charge < -0.3 is 15.0 Å². The molecule has 4 rings (SSSR count). The number of hydrogen-bond donors (Lipinski definition) is 1. The second kappa shape index (κ2) is 10.2. The number of fused-ring (bicyclic) bond motifs is 1. The number of carbonyl (C=O) groups is 3. The molecule has 2 heterocycles. The van der Waals surface area contributed by atoms with Crippen molar-refractivity contribution in [3.63, 3.8) is 0 Å². The summed E-state index contributed by atoms with van der Waals surface area (Å²) >= 11 is 1.53. The molecule has 0 aliphatic carbocycles. The molecule has 34 heavy (non-hydrogen) atoms. The predicted octanol–water partition coefficient (Wildman–Crippen LogP) is 5.50. The number of hydrogen-bond acceptors (Lipinski definition) is 5. The van der Waals surface area contributed by atoms with Crippen molar-refractivity contribution in [2.75, 3.05) is 18.5 Å². The van der Waals surface area contributed by atoms with Gasteiger partial charge in [-0.15, -0.1) is 11.3 Å². The fourth-order valence-electron chi connectivity index (χ4n) is 4.44. The van der Waals surface area contributed by atoms with Gasteiger partial charge >= 0.3 is 5.97 Å². The van der Waals surface area contributed by atoms with Crippen LogP contribution in [0.15, 0.2) is 66.0 Å². The Morgan fingerprint density at radius 1 is 1.06 bits per heavy atom. The summed E-state index contributed by atoms with van der Waals surface area (Å²) < 4.78 is 5.17. The van der Waals surface area contributed by atoms with Crippen molar-refractivity contribution in [1.82, 2.24) is 4.90 Å². The van der Waals surface area contributed by atoms with Crippen molar-refractivity contribution in [3.8, 4) is 0 Å². The van der Waals surface area contributed by atoms with Crippen LogP contribution in [0.4, 0.5) is 5.69 Å². The smallest absolute Gasteiger partial charge is 0.340 e. The van der Waals surface area contributed by atoms with E-state index in [0.717, 1.165) is 4.88 Å². The van der Waals surface area contributed by atoms with Crippen LogP contribution in [-0.2, 0) is 9.53 Å². The number of nitrogens with zero attached hydrogens (tertiary/aromatic N) is 1. The van der Waals surface area contributed by atoms with Gasteiger partial charge in [0.15, 0.2) is 0 Å². The molecule has 1 aliphatic rings. The zero-order chi connectivity index (χ0) is 24.2. The van der Waals surface area contributed by atoms with Crippen LogP contribution in [0.25, 0.3) is 0 Å².